The minimum atomic E-state index is 1.02. The Morgan fingerprint density at radius 2 is 1.95 bits per heavy atom. The van der Waals surface area contributed by atoms with E-state index in [0.29, 0.717) is 0 Å². The van der Waals surface area contributed by atoms with Crippen LogP contribution in [0.15, 0.2) is 55.0 Å². The number of nitrogens with zero attached hydrogens (tertiary/aromatic N) is 2. The number of aromatic nitrogens is 1. The second-order valence-electron chi connectivity index (χ2n) is 5.15. The van der Waals surface area contributed by atoms with Crippen LogP contribution >= 0.6 is 0 Å². The Hall–Kier alpha value is -2.48. The van der Waals surface area contributed by atoms with Crippen molar-refractivity contribution in [2.75, 3.05) is 4.90 Å². The van der Waals surface area contributed by atoms with E-state index in [1.165, 1.54) is 33.2 Å². The molecule has 0 atom stereocenters. The quantitative estimate of drug-likeness (QED) is 0.581. The van der Waals surface area contributed by atoms with Gasteiger partial charge in [0.15, 0.2) is 0 Å². The molecule has 0 unspecified atom stereocenters. The van der Waals surface area contributed by atoms with E-state index in [0.717, 1.165) is 6.42 Å². The van der Waals surface area contributed by atoms with Crippen LogP contribution in [0.1, 0.15) is 11.1 Å². The molecule has 90 valence electrons. The second-order valence-corrected chi connectivity index (χ2v) is 5.15. The Labute approximate surface area is 110 Å². The van der Waals surface area contributed by atoms with Crippen LogP contribution in [0.5, 0.6) is 0 Å². The summed E-state index contributed by atoms with van der Waals surface area (Å²) in [6, 6.07) is 10.9. The third-order valence-electron chi connectivity index (χ3n) is 4.17. The summed E-state index contributed by atoms with van der Waals surface area (Å²) in [5, 5.41) is 1.33. The first-order chi connectivity index (χ1) is 9.43. The van der Waals surface area contributed by atoms with Gasteiger partial charge in [-0.15, -0.1) is 0 Å². The van der Waals surface area contributed by atoms with Gasteiger partial charge < -0.3 is 9.30 Å². The number of hydrogen-bond donors (Lipinski definition) is 0. The highest BCUT2D eigenvalue weighted by Crippen LogP contribution is 2.41. The van der Waals surface area contributed by atoms with E-state index in [1.807, 2.05) is 0 Å². The summed E-state index contributed by atoms with van der Waals surface area (Å²) in [6.07, 6.45) is 12.0. The molecule has 0 amide bonds. The lowest BCUT2D eigenvalue weighted by atomic mass is 10.0. The van der Waals surface area contributed by atoms with Gasteiger partial charge in [0.05, 0.1) is 16.7 Å². The number of pyridine rings is 1. The van der Waals surface area contributed by atoms with E-state index in [-0.39, 0.29) is 0 Å². The predicted octanol–water partition coefficient (Wildman–Crippen LogP) is 3.95. The maximum absolute atomic E-state index is 2.32. The van der Waals surface area contributed by atoms with E-state index in [4.69, 9.17) is 0 Å². The lowest BCUT2D eigenvalue weighted by molar-refractivity contribution is 1.10. The zero-order chi connectivity index (χ0) is 12.4. The van der Waals surface area contributed by atoms with Gasteiger partial charge in [-0.05, 0) is 30.2 Å². The van der Waals surface area contributed by atoms with Crippen LogP contribution in [0.4, 0.5) is 5.69 Å². The molecule has 0 saturated carbocycles. The SMILES string of the molecule is C1=CN2C=Cc3c4ccccc4n4ccc(c2c34)C1. The van der Waals surface area contributed by atoms with Crippen LogP contribution in [0.3, 0.4) is 0 Å². The summed E-state index contributed by atoms with van der Waals surface area (Å²) < 4.78 is 2.32. The summed E-state index contributed by atoms with van der Waals surface area (Å²) in [5.41, 5.74) is 6.73. The van der Waals surface area contributed by atoms with Gasteiger partial charge in [-0.2, -0.15) is 0 Å². The zero-order valence-corrected chi connectivity index (χ0v) is 10.4. The molecule has 0 aliphatic carbocycles. The normalized spacial score (nSPS) is 15.7. The Kier molecular flexibility index (Phi) is 1.54. The molecule has 0 spiro atoms. The van der Waals surface area contributed by atoms with Crippen LogP contribution in [0.25, 0.3) is 22.5 Å². The van der Waals surface area contributed by atoms with Crippen LogP contribution in [-0.4, -0.2) is 4.40 Å². The maximum Gasteiger partial charge on any atom is 0.0780 e. The summed E-state index contributed by atoms with van der Waals surface area (Å²) in [4.78, 5) is 2.24. The van der Waals surface area contributed by atoms with Gasteiger partial charge in [0.1, 0.15) is 0 Å². The molecule has 0 saturated heterocycles. The molecule has 5 rings (SSSR count). The standard InChI is InChI=1S/C17H12N2/c1-2-6-15-13(5-1)14-8-10-18-9-3-4-12-7-11-19(15)17(14)16(12)18/h1-3,5-11H,4H2. The smallest absolute Gasteiger partial charge is 0.0780 e. The number of anilines is 1. The molecular weight excluding hydrogens is 232 g/mol. The largest absolute Gasteiger partial charge is 0.322 e. The highest BCUT2D eigenvalue weighted by molar-refractivity contribution is 6.05. The molecule has 0 fully saturated rings. The lowest BCUT2D eigenvalue weighted by Gasteiger charge is -2.27. The van der Waals surface area contributed by atoms with E-state index < -0.39 is 0 Å². The predicted molar refractivity (Wildman–Crippen MR) is 79.3 cm³/mol. The van der Waals surface area contributed by atoms with E-state index in [9.17, 15) is 0 Å². The lowest BCUT2D eigenvalue weighted by Crippen LogP contribution is -2.16. The molecule has 19 heavy (non-hydrogen) atoms. The van der Waals surface area contributed by atoms with Gasteiger partial charge in [-0.25, -0.2) is 0 Å². The molecule has 0 bridgehead atoms. The van der Waals surface area contributed by atoms with Crippen LogP contribution in [0.2, 0.25) is 0 Å². The fourth-order valence-corrected chi connectivity index (χ4v) is 3.35. The van der Waals surface area contributed by atoms with Gasteiger partial charge >= 0.3 is 0 Å². The van der Waals surface area contributed by atoms with Gasteiger partial charge in [0, 0.05) is 29.5 Å². The highest BCUT2D eigenvalue weighted by Gasteiger charge is 2.22. The average Bonchev–Trinajstić information content (AvgIpc) is 2.81. The van der Waals surface area contributed by atoms with Crippen molar-refractivity contribution in [1.82, 2.24) is 4.40 Å². The molecule has 0 N–H and O–H groups in total. The van der Waals surface area contributed by atoms with Gasteiger partial charge in [0.25, 0.3) is 0 Å². The van der Waals surface area contributed by atoms with Crippen molar-refractivity contribution >= 4 is 28.2 Å². The molecule has 2 heteroatoms. The third kappa shape index (κ3) is 1.03. The number of para-hydroxylation sites is 1. The van der Waals surface area contributed by atoms with Crippen molar-refractivity contribution in [3.05, 3.63) is 66.1 Å². The van der Waals surface area contributed by atoms with E-state index in [2.05, 4.69) is 70.4 Å². The summed E-state index contributed by atoms with van der Waals surface area (Å²) >= 11 is 0. The minimum Gasteiger partial charge on any atom is -0.322 e. The molecule has 4 heterocycles. The number of hydrogen-bond acceptors (Lipinski definition) is 1. The molecule has 3 aromatic rings. The van der Waals surface area contributed by atoms with Crippen LogP contribution < -0.4 is 4.90 Å². The highest BCUT2D eigenvalue weighted by atomic mass is 15.1. The summed E-state index contributed by atoms with van der Waals surface area (Å²) in [7, 11) is 0. The van der Waals surface area contributed by atoms with Crippen molar-refractivity contribution < 1.29 is 0 Å². The van der Waals surface area contributed by atoms with E-state index in [1.54, 1.807) is 0 Å². The van der Waals surface area contributed by atoms with Gasteiger partial charge in [-0.3, -0.25) is 0 Å². The second kappa shape index (κ2) is 3.09. The Morgan fingerprint density at radius 1 is 1.00 bits per heavy atom. The molecule has 0 radical (unpaired) electrons. The van der Waals surface area contributed by atoms with Crippen molar-refractivity contribution in [2.24, 2.45) is 0 Å². The van der Waals surface area contributed by atoms with E-state index >= 15 is 0 Å². The Balaban J connectivity index is 2.10. The first-order valence-corrected chi connectivity index (χ1v) is 6.61. The average molecular weight is 244 g/mol. The summed E-state index contributed by atoms with van der Waals surface area (Å²) in [6.45, 7) is 0. The van der Waals surface area contributed by atoms with Crippen molar-refractivity contribution in [2.45, 2.75) is 6.42 Å². The van der Waals surface area contributed by atoms with Crippen LogP contribution in [-0.2, 0) is 6.42 Å². The number of rotatable bonds is 0. The molecular formula is C17H12N2. The fourth-order valence-electron chi connectivity index (χ4n) is 3.35. The van der Waals surface area contributed by atoms with Crippen LogP contribution in [0, 0.1) is 0 Å². The van der Waals surface area contributed by atoms with Gasteiger partial charge in [0.2, 0.25) is 0 Å². The molecule has 2 aromatic heterocycles. The first-order valence-electron chi connectivity index (χ1n) is 6.61. The monoisotopic (exact) mass is 244 g/mol. The van der Waals surface area contributed by atoms with Crippen molar-refractivity contribution in [3.8, 4) is 0 Å². The Bertz CT molecular complexity index is 896. The third-order valence-corrected chi connectivity index (χ3v) is 4.17. The molecule has 2 aliphatic rings. The molecule has 2 nitrogen and oxygen atoms in total. The topological polar surface area (TPSA) is 7.65 Å². The minimum absolute atomic E-state index is 1.02. The number of benzene rings is 1. The summed E-state index contributed by atoms with van der Waals surface area (Å²) in [5.74, 6) is 0. The molecule has 2 aliphatic heterocycles. The fraction of sp³-hybridized carbons (Fsp3) is 0.0588. The van der Waals surface area contributed by atoms with Crippen molar-refractivity contribution in [3.63, 3.8) is 0 Å². The Morgan fingerprint density at radius 3 is 2.95 bits per heavy atom. The zero-order valence-electron chi connectivity index (χ0n) is 10.4. The maximum atomic E-state index is 2.32. The first kappa shape index (κ1) is 9.45. The van der Waals surface area contributed by atoms with Gasteiger partial charge in [-0.1, -0.05) is 24.3 Å². The number of allylic oxidation sites excluding steroid dienone is 1. The van der Waals surface area contributed by atoms with Crippen molar-refractivity contribution in [1.29, 1.82) is 0 Å². The number of fused-ring (bicyclic) bond motifs is 3. The molecule has 1 aromatic carbocycles.